The largest absolute Gasteiger partial charge is 0.351 e. The monoisotopic (exact) mass is 195 g/mol. The van der Waals surface area contributed by atoms with E-state index in [0.29, 0.717) is 12.1 Å². The highest BCUT2D eigenvalue weighted by Gasteiger charge is 2.14. The first-order valence-electron chi connectivity index (χ1n) is 4.68. The lowest BCUT2D eigenvalue weighted by molar-refractivity contribution is 0.0939. The van der Waals surface area contributed by atoms with Gasteiger partial charge >= 0.3 is 0 Å². The average Bonchev–Trinajstić information content (AvgIpc) is 2.46. The molecule has 14 heavy (non-hydrogen) atoms. The topological polar surface area (TPSA) is 57.8 Å². The normalized spacial score (nSPS) is 11.4. The molecule has 1 amide bonds. The smallest absolute Gasteiger partial charge is 0.254 e. The number of H-pyrrole nitrogens is 1. The summed E-state index contributed by atoms with van der Waals surface area (Å²) >= 11 is 0. The molecule has 0 aromatic carbocycles. The van der Waals surface area contributed by atoms with Crippen molar-refractivity contribution in [3.63, 3.8) is 0 Å². The number of aromatic amines is 1. The van der Waals surface area contributed by atoms with Crippen molar-refractivity contribution in [3.8, 4) is 0 Å². The summed E-state index contributed by atoms with van der Waals surface area (Å²) in [5, 5.41) is 9.40. The van der Waals surface area contributed by atoms with Gasteiger partial charge in [-0.15, -0.1) is 0 Å². The third-order valence-corrected chi connectivity index (χ3v) is 1.85. The van der Waals surface area contributed by atoms with Crippen molar-refractivity contribution in [2.24, 2.45) is 5.41 Å². The lowest BCUT2D eigenvalue weighted by Gasteiger charge is -2.18. The number of aromatic nitrogens is 2. The van der Waals surface area contributed by atoms with Crippen LogP contribution in [0.2, 0.25) is 0 Å². The van der Waals surface area contributed by atoms with E-state index in [2.05, 4.69) is 36.3 Å². The number of nitrogens with zero attached hydrogens (tertiary/aromatic N) is 1. The van der Waals surface area contributed by atoms with Crippen LogP contribution in [0.1, 0.15) is 36.8 Å². The molecule has 0 aliphatic heterocycles. The van der Waals surface area contributed by atoms with E-state index in [4.69, 9.17) is 0 Å². The van der Waals surface area contributed by atoms with Crippen molar-refractivity contribution in [2.75, 3.05) is 6.54 Å². The fraction of sp³-hybridized carbons (Fsp3) is 0.600. The van der Waals surface area contributed by atoms with Gasteiger partial charge in [-0.25, -0.2) is 0 Å². The van der Waals surface area contributed by atoms with Crippen LogP contribution in [-0.2, 0) is 0 Å². The van der Waals surface area contributed by atoms with Gasteiger partial charge in [-0.3, -0.25) is 9.89 Å². The van der Waals surface area contributed by atoms with Crippen molar-refractivity contribution >= 4 is 5.91 Å². The van der Waals surface area contributed by atoms with Crippen molar-refractivity contribution in [2.45, 2.75) is 27.7 Å². The van der Waals surface area contributed by atoms with Crippen LogP contribution in [0, 0.1) is 12.3 Å². The first kappa shape index (κ1) is 10.8. The van der Waals surface area contributed by atoms with Crippen molar-refractivity contribution < 1.29 is 4.79 Å². The van der Waals surface area contributed by atoms with Gasteiger partial charge in [0.1, 0.15) is 0 Å². The van der Waals surface area contributed by atoms with Gasteiger partial charge in [-0.1, -0.05) is 20.8 Å². The fourth-order valence-electron chi connectivity index (χ4n) is 1.02. The highest BCUT2D eigenvalue weighted by atomic mass is 16.1. The molecule has 0 fully saturated rings. The molecule has 0 spiro atoms. The van der Waals surface area contributed by atoms with Crippen LogP contribution in [0.25, 0.3) is 0 Å². The Morgan fingerprint density at radius 2 is 2.21 bits per heavy atom. The number of hydrogen-bond donors (Lipinski definition) is 2. The van der Waals surface area contributed by atoms with E-state index in [0.717, 1.165) is 5.69 Å². The van der Waals surface area contributed by atoms with Gasteiger partial charge in [0.2, 0.25) is 0 Å². The minimum absolute atomic E-state index is 0.0637. The quantitative estimate of drug-likeness (QED) is 0.751. The molecule has 4 heteroatoms. The summed E-state index contributed by atoms with van der Waals surface area (Å²) in [4.78, 5) is 11.6. The van der Waals surface area contributed by atoms with Crippen LogP contribution < -0.4 is 5.32 Å². The van der Waals surface area contributed by atoms with Gasteiger partial charge in [0.15, 0.2) is 0 Å². The zero-order valence-corrected chi connectivity index (χ0v) is 9.14. The molecular formula is C10H17N3O. The maximum Gasteiger partial charge on any atom is 0.254 e. The lowest BCUT2D eigenvalue weighted by Crippen LogP contribution is -2.32. The molecule has 0 unspecified atom stereocenters. The summed E-state index contributed by atoms with van der Waals surface area (Å²) in [6.45, 7) is 8.73. The molecule has 78 valence electrons. The van der Waals surface area contributed by atoms with Crippen LogP contribution in [0.5, 0.6) is 0 Å². The molecule has 0 aliphatic rings. The maximum atomic E-state index is 11.6. The molecule has 0 atom stereocenters. The average molecular weight is 195 g/mol. The van der Waals surface area contributed by atoms with Gasteiger partial charge in [0.25, 0.3) is 5.91 Å². The third-order valence-electron chi connectivity index (χ3n) is 1.85. The van der Waals surface area contributed by atoms with Gasteiger partial charge in [-0.05, 0) is 12.3 Å². The molecule has 4 nitrogen and oxygen atoms in total. The van der Waals surface area contributed by atoms with Gasteiger partial charge in [-0.2, -0.15) is 5.10 Å². The first-order valence-corrected chi connectivity index (χ1v) is 4.68. The molecule has 0 radical (unpaired) electrons. The number of aryl methyl sites for hydroxylation is 1. The summed E-state index contributed by atoms with van der Waals surface area (Å²) < 4.78 is 0. The van der Waals surface area contributed by atoms with E-state index in [1.165, 1.54) is 0 Å². The Kier molecular flexibility index (Phi) is 2.93. The number of carbonyl (C=O) groups excluding carboxylic acids is 1. The molecule has 1 aromatic heterocycles. The van der Waals surface area contributed by atoms with Crippen LogP contribution in [-0.4, -0.2) is 22.6 Å². The summed E-state index contributed by atoms with van der Waals surface area (Å²) in [7, 11) is 0. The second-order valence-electron chi connectivity index (χ2n) is 4.65. The van der Waals surface area contributed by atoms with E-state index < -0.39 is 0 Å². The van der Waals surface area contributed by atoms with Crippen LogP contribution >= 0.6 is 0 Å². The van der Waals surface area contributed by atoms with E-state index in [9.17, 15) is 4.79 Å². The Morgan fingerprint density at radius 3 is 2.64 bits per heavy atom. The lowest BCUT2D eigenvalue weighted by atomic mass is 9.97. The maximum absolute atomic E-state index is 11.6. The zero-order chi connectivity index (χ0) is 10.8. The highest BCUT2D eigenvalue weighted by molar-refractivity contribution is 5.94. The van der Waals surface area contributed by atoms with E-state index in [1.807, 2.05) is 6.92 Å². The molecule has 2 N–H and O–H groups in total. The molecule has 0 aliphatic carbocycles. The second kappa shape index (κ2) is 3.82. The van der Waals surface area contributed by atoms with Gasteiger partial charge in [0, 0.05) is 12.2 Å². The van der Waals surface area contributed by atoms with Crippen LogP contribution in [0.15, 0.2) is 6.20 Å². The number of nitrogens with one attached hydrogen (secondary N) is 2. The predicted molar refractivity (Wildman–Crippen MR) is 55.1 cm³/mol. The Labute approximate surface area is 84.1 Å². The minimum Gasteiger partial charge on any atom is -0.351 e. The SMILES string of the molecule is Cc1[nH]ncc1C(=O)NCC(C)(C)C. The summed E-state index contributed by atoms with van der Waals surface area (Å²) in [5.74, 6) is -0.0637. The molecule has 0 saturated carbocycles. The first-order chi connectivity index (χ1) is 6.40. The Balaban J connectivity index is 2.56. The number of amides is 1. The van der Waals surface area contributed by atoms with Crippen LogP contribution in [0.4, 0.5) is 0 Å². The van der Waals surface area contributed by atoms with Gasteiger partial charge in [0.05, 0.1) is 11.8 Å². The second-order valence-corrected chi connectivity index (χ2v) is 4.65. The molecule has 0 saturated heterocycles. The van der Waals surface area contributed by atoms with Gasteiger partial charge < -0.3 is 5.32 Å². The molecule has 1 heterocycles. The molecule has 0 bridgehead atoms. The Hall–Kier alpha value is -1.32. The van der Waals surface area contributed by atoms with E-state index in [-0.39, 0.29) is 11.3 Å². The predicted octanol–water partition coefficient (Wildman–Crippen LogP) is 1.49. The summed E-state index contributed by atoms with van der Waals surface area (Å²) in [6, 6.07) is 0. The summed E-state index contributed by atoms with van der Waals surface area (Å²) in [6.07, 6.45) is 1.55. The summed E-state index contributed by atoms with van der Waals surface area (Å²) in [5.41, 5.74) is 1.53. The van der Waals surface area contributed by atoms with E-state index >= 15 is 0 Å². The van der Waals surface area contributed by atoms with Crippen LogP contribution in [0.3, 0.4) is 0 Å². The van der Waals surface area contributed by atoms with E-state index in [1.54, 1.807) is 6.20 Å². The zero-order valence-electron chi connectivity index (χ0n) is 9.14. The number of carbonyl (C=O) groups is 1. The standard InChI is InChI=1S/C10H17N3O/c1-7-8(5-12-13-7)9(14)11-6-10(2,3)4/h5H,6H2,1-4H3,(H,11,14)(H,12,13). The number of rotatable bonds is 2. The number of hydrogen-bond acceptors (Lipinski definition) is 2. The minimum atomic E-state index is -0.0637. The third kappa shape index (κ3) is 2.87. The molecule has 1 aromatic rings. The molecular weight excluding hydrogens is 178 g/mol. The Morgan fingerprint density at radius 1 is 1.57 bits per heavy atom. The van der Waals surface area contributed by atoms with Crippen molar-refractivity contribution in [3.05, 3.63) is 17.5 Å². The van der Waals surface area contributed by atoms with Crippen molar-refractivity contribution in [1.82, 2.24) is 15.5 Å². The fourth-order valence-corrected chi connectivity index (χ4v) is 1.02. The van der Waals surface area contributed by atoms with Crippen molar-refractivity contribution in [1.29, 1.82) is 0 Å². The molecule has 1 rings (SSSR count). The Bertz CT molecular complexity index is 322. The highest BCUT2D eigenvalue weighted by Crippen LogP contribution is 2.11.